The number of halogens is 1. The number of nitrogens with one attached hydrogen (secondary N) is 1. The van der Waals surface area contributed by atoms with E-state index in [1.165, 1.54) is 19.1 Å². The molecule has 21 heavy (non-hydrogen) atoms. The second-order valence-electron chi connectivity index (χ2n) is 6.34. The fourth-order valence-corrected chi connectivity index (χ4v) is 3.00. The minimum atomic E-state index is -3.73. The van der Waals surface area contributed by atoms with Crippen molar-refractivity contribution < 1.29 is 17.9 Å². The predicted molar refractivity (Wildman–Crippen MR) is 80.9 cm³/mol. The van der Waals surface area contributed by atoms with Gasteiger partial charge in [0.15, 0.2) is 0 Å². The highest BCUT2D eigenvalue weighted by Crippen LogP contribution is 2.26. The lowest BCUT2D eigenvalue weighted by atomic mass is 9.81. The van der Waals surface area contributed by atoms with E-state index in [-0.39, 0.29) is 28.0 Å². The molecular formula is C15H24FNO3S. The Hall–Kier alpha value is -0.980. The summed E-state index contributed by atoms with van der Waals surface area (Å²) < 4.78 is 40.9. The van der Waals surface area contributed by atoms with Gasteiger partial charge in [-0.25, -0.2) is 17.5 Å². The fourth-order valence-electron chi connectivity index (χ4n) is 1.65. The van der Waals surface area contributed by atoms with Crippen molar-refractivity contribution in [3.63, 3.8) is 0 Å². The predicted octanol–water partition coefficient (Wildman–Crippen LogP) is 2.59. The van der Waals surface area contributed by atoms with Gasteiger partial charge in [-0.15, -0.1) is 0 Å². The van der Waals surface area contributed by atoms with Crippen LogP contribution in [0, 0.1) is 24.1 Å². The molecule has 1 aromatic carbocycles. The van der Waals surface area contributed by atoms with Gasteiger partial charge in [0.2, 0.25) is 10.0 Å². The average Bonchev–Trinajstić information content (AvgIpc) is 2.39. The van der Waals surface area contributed by atoms with E-state index in [0.717, 1.165) is 0 Å². The van der Waals surface area contributed by atoms with Crippen molar-refractivity contribution in [2.75, 3.05) is 6.54 Å². The highest BCUT2D eigenvalue weighted by molar-refractivity contribution is 7.89. The van der Waals surface area contributed by atoms with Gasteiger partial charge in [0, 0.05) is 12.1 Å². The number of aryl methyl sites for hydroxylation is 1. The first-order chi connectivity index (χ1) is 9.51. The van der Waals surface area contributed by atoms with Crippen molar-refractivity contribution in [3.05, 3.63) is 29.1 Å². The van der Waals surface area contributed by atoms with E-state index < -0.39 is 22.4 Å². The van der Waals surface area contributed by atoms with Crippen LogP contribution in [0.5, 0.6) is 0 Å². The third-order valence-corrected chi connectivity index (χ3v) is 5.45. The van der Waals surface area contributed by atoms with E-state index in [1.807, 2.05) is 27.7 Å². The van der Waals surface area contributed by atoms with Gasteiger partial charge in [0.25, 0.3) is 0 Å². The van der Waals surface area contributed by atoms with Gasteiger partial charge in [0.1, 0.15) is 5.82 Å². The molecule has 4 nitrogen and oxygen atoms in total. The van der Waals surface area contributed by atoms with E-state index >= 15 is 0 Å². The molecule has 120 valence electrons. The van der Waals surface area contributed by atoms with Gasteiger partial charge in [0.05, 0.1) is 11.5 Å². The minimum absolute atomic E-state index is 0.0153. The molecule has 0 unspecified atom stereocenters. The first kappa shape index (κ1) is 18.1. The summed E-state index contributed by atoms with van der Waals surface area (Å²) in [6, 6.07) is 2.45. The average molecular weight is 317 g/mol. The third kappa shape index (κ3) is 4.25. The molecule has 1 rings (SSSR count). The Bertz CT molecular complexity index is 610. The first-order valence-electron chi connectivity index (χ1n) is 6.91. The molecule has 0 saturated carbocycles. The topological polar surface area (TPSA) is 66.4 Å². The standard InChI is InChI=1S/C15H24FNO3S/c1-10(2)15(4,5)9-17-21(19,20)13-6-11(3)14(16)12(7-13)8-18/h6-7,10,17-18H,8-9H2,1-5H3. The molecule has 0 bridgehead atoms. The third-order valence-electron chi connectivity index (χ3n) is 4.06. The summed E-state index contributed by atoms with van der Waals surface area (Å²) >= 11 is 0. The molecule has 1 aromatic rings. The lowest BCUT2D eigenvalue weighted by molar-refractivity contribution is 0.252. The van der Waals surface area contributed by atoms with Gasteiger partial charge in [-0.3, -0.25) is 0 Å². The van der Waals surface area contributed by atoms with Crippen molar-refractivity contribution >= 4 is 10.0 Å². The number of benzene rings is 1. The summed E-state index contributed by atoms with van der Waals surface area (Å²) in [7, 11) is -3.73. The fraction of sp³-hybridized carbons (Fsp3) is 0.600. The van der Waals surface area contributed by atoms with Crippen molar-refractivity contribution in [3.8, 4) is 0 Å². The Kier molecular flexibility index (Phi) is 5.52. The van der Waals surface area contributed by atoms with Crippen LogP contribution in [0.15, 0.2) is 17.0 Å². The van der Waals surface area contributed by atoms with Crippen LogP contribution in [0.25, 0.3) is 0 Å². The second kappa shape index (κ2) is 6.42. The van der Waals surface area contributed by atoms with Crippen LogP contribution >= 0.6 is 0 Å². The van der Waals surface area contributed by atoms with Crippen LogP contribution in [0.4, 0.5) is 4.39 Å². The first-order valence-corrected chi connectivity index (χ1v) is 8.39. The Morgan fingerprint density at radius 2 is 1.90 bits per heavy atom. The van der Waals surface area contributed by atoms with Gasteiger partial charge < -0.3 is 5.11 Å². The van der Waals surface area contributed by atoms with Gasteiger partial charge >= 0.3 is 0 Å². The summed E-state index contributed by atoms with van der Waals surface area (Å²) in [5, 5.41) is 9.11. The quantitative estimate of drug-likeness (QED) is 0.847. The monoisotopic (exact) mass is 317 g/mol. The summed E-state index contributed by atoms with van der Waals surface area (Å²) in [6.45, 7) is 9.25. The number of aliphatic hydroxyl groups is 1. The van der Waals surface area contributed by atoms with Crippen LogP contribution in [0.1, 0.15) is 38.8 Å². The lowest BCUT2D eigenvalue weighted by Gasteiger charge is -2.29. The van der Waals surface area contributed by atoms with E-state index in [1.54, 1.807) is 0 Å². The molecule has 0 atom stereocenters. The van der Waals surface area contributed by atoms with Gasteiger partial charge in [-0.2, -0.15) is 0 Å². The number of aliphatic hydroxyl groups excluding tert-OH is 1. The molecule has 6 heteroatoms. The molecule has 0 aliphatic rings. The molecule has 0 spiro atoms. The maximum absolute atomic E-state index is 13.7. The van der Waals surface area contributed by atoms with Gasteiger partial charge in [-0.1, -0.05) is 27.7 Å². The molecule has 0 aliphatic carbocycles. The number of rotatable bonds is 6. The molecule has 0 amide bonds. The molecule has 0 aromatic heterocycles. The number of hydrogen-bond acceptors (Lipinski definition) is 3. The van der Waals surface area contributed by atoms with Crippen LogP contribution in [0.3, 0.4) is 0 Å². The summed E-state index contributed by atoms with van der Waals surface area (Å²) in [5.41, 5.74) is -0.00867. The Morgan fingerprint density at radius 3 is 2.38 bits per heavy atom. The molecule has 0 fully saturated rings. The maximum atomic E-state index is 13.7. The molecule has 0 saturated heterocycles. The summed E-state index contributed by atoms with van der Waals surface area (Å²) in [5.74, 6) is -0.262. The number of hydrogen-bond donors (Lipinski definition) is 2. The maximum Gasteiger partial charge on any atom is 0.240 e. The van der Waals surface area contributed by atoms with E-state index in [4.69, 9.17) is 5.11 Å². The van der Waals surface area contributed by atoms with Crippen LogP contribution < -0.4 is 4.72 Å². The highest BCUT2D eigenvalue weighted by atomic mass is 32.2. The molecule has 0 heterocycles. The summed E-state index contributed by atoms with van der Waals surface area (Å²) in [6.07, 6.45) is 0. The zero-order valence-electron chi connectivity index (χ0n) is 13.2. The van der Waals surface area contributed by atoms with Gasteiger partial charge in [-0.05, 0) is 36.0 Å². The SMILES string of the molecule is Cc1cc(S(=O)(=O)NCC(C)(C)C(C)C)cc(CO)c1F. The highest BCUT2D eigenvalue weighted by Gasteiger charge is 2.26. The van der Waals surface area contributed by atoms with E-state index in [9.17, 15) is 12.8 Å². The van der Waals surface area contributed by atoms with Crippen LogP contribution in [-0.4, -0.2) is 20.1 Å². The Balaban J connectivity index is 3.07. The minimum Gasteiger partial charge on any atom is -0.392 e. The zero-order valence-corrected chi connectivity index (χ0v) is 14.0. The largest absolute Gasteiger partial charge is 0.392 e. The van der Waals surface area contributed by atoms with Crippen molar-refractivity contribution in [2.45, 2.75) is 46.1 Å². The van der Waals surface area contributed by atoms with Crippen LogP contribution in [0.2, 0.25) is 0 Å². The van der Waals surface area contributed by atoms with Crippen LogP contribution in [-0.2, 0) is 16.6 Å². The second-order valence-corrected chi connectivity index (χ2v) is 8.11. The molecule has 0 aliphatic heterocycles. The Morgan fingerprint density at radius 1 is 1.33 bits per heavy atom. The van der Waals surface area contributed by atoms with E-state index in [0.29, 0.717) is 5.92 Å². The molecule has 2 N–H and O–H groups in total. The smallest absolute Gasteiger partial charge is 0.240 e. The summed E-state index contributed by atoms with van der Waals surface area (Å²) in [4.78, 5) is -0.0231. The zero-order chi connectivity index (χ0) is 16.4. The molecular weight excluding hydrogens is 293 g/mol. The van der Waals surface area contributed by atoms with Crippen molar-refractivity contribution in [2.24, 2.45) is 11.3 Å². The van der Waals surface area contributed by atoms with Crippen molar-refractivity contribution in [1.29, 1.82) is 0 Å². The van der Waals surface area contributed by atoms with Crippen molar-refractivity contribution in [1.82, 2.24) is 4.72 Å². The van der Waals surface area contributed by atoms with E-state index in [2.05, 4.69) is 4.72 Å². The lowest BCUT2D eigenvalue weighted by Crippen LogP contribution is -2.37. The Labute approximate surface area is 126 Å². The normalized spacial score (nSPS) is 13.0. The molecule has 0 radical (unpaired) electrons. The number of sulfonamides is 1.